The van der Waals surface area contributed by atoms with Crippen LogP contribution in [0.5, 0.6) is 5.75 Å². The largest absolute Gasteiger partial charge is 0.487 e. The van der Waals surface area contributed by atoms with Gasteiger partial charge in [-0.15, -0.1) is 0 Å². The second-order valence-electron chi connectivity index (χ2n) is 10.5. The van der Waals surface area contributed by atoms with Crippen LogP contribution in [0.3, 0.4) is 0 Å². The molecular formula is C27H40N4O4. The maximum atomic E-state index is 14.0. The van der Waals surface area contributed by atoms with Gasteiger partial charge in [0, 0.05) is 12.7 Å². The zero-order chi connectivity index (χ0) is 25.7. The van der Waals surface area contributed by atoms with Crippen molar-refractivity contribution in [1.29, 1.82) is 0 Å². The van der Waals surface area contributed by atoms with E-state index in [9.17, 15) is 14.4 Å². The van der Waals surface area contributed by atoms with Gasteiger partial charge >= 0.3 is 0 Å². The van der Waals surface area contributed by atoms with Crippen molar-refractivity contribution < 1.29 is 19.1 Å². The third-order valence-electron chi connectivity index (χ3n) is 6.66. The fourth-order valence-electron chi connectivity index (χ4n) is 4.73. The maximum absolute atomic E-state index is 14.0. The van der Waals surface area contributed by atoms with Crippen LogP contribution in [0.4, 0.5) is 0 Å². The standard InChI is InChI=1S/C27H40N4O4/c1-17(2)16-22(30(5)6)26(33)29-23-24(18(3)4)35-20-11-9-19(10-12-20)13-14-28-25(32)21-8-7-15-31(21)27(23)34/h9-14,17-18,21-24H,7-8,15-16H2,1-6H3,(H,28,32)(H,29,33). The predicted molar refractivity (Wildman–Crippen MR) is 136 cm³/mol. The Balaban J connectivity index is 2.01. The molecule has 0 radical (unpaired) electrons. The first-order valence-electron chi connectivity index (χ1n) is 12.6. The van der Waals surface area contributed by atoms with E-state index in [1.807, 2.05) is 63.2 Å². The van der Waals surface area contributed by atoms with Crippen molar-refractivity contribution in [3.63, 3.8) is 0 Å². The summed E-state index contributed by atoms with van der Waals surface area (Å²) in [6, 6.07) is 5.57. The van der Waals surface area contributed by atoms with Gasteiger partial charge in [0.05, 0.1) is 6.04 Å². The number of ether oxygens (including phenoxy) is 1. The Morgan fingerprint density at radius 2 is 1.86 bits per heavy atom. The van der Waals surface area contributed by atoms with E-state index in [4.69, 9.17) is 4.74 Å². The minimum atomic E-state index is -0.927. The van der Waals surface area contributed by atoms with Gasteiger partial charge in [-0.25, -0.2) is 0 Å². The highest BCUT2D eigenvalue weighted by atomic mass is 16.5. The molecule has 0 spiro atoms. The van der Waals surface area contributed by atoms with Crippen LogP contribution < -0.4 is 15.4 Å². The Morgan fingerprint density at radius 3 is 2.46 bits per heavy atom. The van der Waals surface area contributed by atoms with Gasteiger partial charge in [0.1, 0.15) is 23.9 Å². The number of carbonyl (C=O) groups excluding carboxylic acids is 3. The number of hydrogen-bond acceptors (Lipinski definition) is 5. The summed E-state index contributed by atoms with van der Waals surface area (Å²) in [6.07, 6.45) is 4.79. The minimum Gasteiger partial charge on any atom is -0.487 e. The Kier molecular flexibility index (Phi) is 8.94. The highest BCUT2D eigenvalue weighted by Crippen LogP contribution is 2.25. The summed E-state index contributed by atoms with van der Waals surface area (Å²) < 4.78 is 6.35. The molecule has 4 atom stereocenters. The molecule has 4 rings (SSSR count). The van der Waals surface area contributed by atoms with Crippen molar-refractivity contribution >= 4 is 23.8 Å². The van der Waals surface area contributed by atoms with E-state index in [2.05, 4.69) is 24.5 Å². The molecule has 8 heteroatoms. The molecule has 0 saturated carbocycles. The van der Waals surface area contributed by atoms with Crippen molar-refractivity contribution in [2.75, 3.05) is 20.6 Å². The molecule has 2 N–H and O–H groups in total. The van der Waals surface area contributed by atoms with Crippen LogP contribution in [-0.2, 0) is 14.4 Å². The van der Waals surface area contributed by atoms with Gasteiger partial charge in [-0.2, -0.15) is 0 Å². The third-order valence-corrected chi connectivity index (χ3v) is 6.66. The number of rotatable bonds is 6. The molecule has 1 fully saturated rings. The molecular weight excluding hydrogens is 444 g/mol. The molecule has 4 unspecified atom stereocenters. The SMILES string of the molecule is CC(C)CC(C(=O)NC1C(=O)N2CCCC2C(=O)NC=Cc2ccc(cc2)OC1C(C)C)N(C)C. The van der Waals surface area contributed by atoms with Crippen LogP contribution >= 0.6 is 0 Å². The number of benzene rings is 1. The number of likely N-dealkylation sites (N-methyl/N-ethyl adjacent to an activating group) is 1. The van der Waals surface area contributed by atoms with Gasteiger partial charge in [0.25, 0.3) is 0 Å². The molecule has 1 saturated heterocycles. The monoisotopic (exact) mass is 484 g/mol. The van der Waals surface area contributed by atoms with Gasteiger partial charge in [-0.3, -0.25) is 19.3 Å². The zero-order valence-electron chi connectivity index (χ0n) is 21.8. The Labute approximate surface area is 209 Å². The van der Waals surface area contributed by atoms with Crippen LogP contribution in [0.1, 0.15) is 52.5 Å². The lowest BCUT2D eigenvalue weighted by molar-refractivity contribution is -0.144. The van der Waals surface area contributed by atoms with Gasteiger partial charge in [-0.1, -0.05) is 39.8 Å². The normalized spacial score (nSPS) is 23.8. The lowest BCUT2D eigenvalue weighted by Gasteiger charge is -2.36. The molecule has 3 amide bonds. The van der Waals surface area contributed by atoms with Crippen LogP contribution in [0.25, 0.3) is 6.08 Å². The molecule has 0 aromatic heterocycles. The Morgan fingerprint density at radius 1 is 1.17 bits per heavy atom. The summed E-state index contributed by atoms with van der Waals surface area (Å²) >= 11 is 0. The van der Waals surface area contributed by atoms with E-state index in [0.717, 1.165) is 12.0 Å². The van der Waals surface area contributed by atoms with Crippen molar-refractivity contribution in [2.45, 2.75) is 71.2 Å². The van der Waals surface area contributed by atoms with E-state index in [-0.39, 0.29) is 29.7 Å². The van der Waals surface area contributed by atoms with E-state index < -0.39 is 18.2 Å². The summed E-state index contributed by atoms with van der Waals surface area (Å²) in [5, 5.41) is 5.86. The molecule has 0 aliphatic carbocycles. The van der Waals surface area contributed by atoms with E-state index in [1.54, 1.807) is 11.1 Å². The van der Waals surface area contributed by atoms with E-state index in [0.29, 0.717) is 31.1 Å². The van der Waals surface area contributed by atoms with Crippen LogP contribution in [0.15, 0.2) is 30.5 Å². The molecule has 3 aliphatic heterocycles. The van der Waals surface area contributed by atoms with Crippen LogP contribution in [0.2, 0.25) is 0 Å². The lowest BCUT2D eigenvalue weighted by Crippen LogP contribution is -2.61. The average molecular weight is 485 g/mol. The predicted octanol–water partition coefficient (Wildman–Crippen LogP) is 2.64. The summed E-state index contributed by atoms with van der Waals surface area (Å²) in [7, 11) is 3.74. The number of carbonyl (C=O) groups is 3. The highest BCUT2D eigenvalue weighted by Gasteiger charge is 2.43. The molecule has 3 aliphatic rings. The lowest BCUT2D eigenvalue weighted by atomic mass is 9.96. The number of amides is 3. The van der Waals surface area contributed by atoms with E-state index in [1.165, 1.54) is 0 Å². The zero-order valence-corrected chi connectivity index (χ0v) is 21.8. The Hall–Kier alpha value is -2.87. The molecule has 3 heterocycles. The number of fused-ring (bicyclic) bond motifs is 7. The fourth-order valence-corrected chi connectivity index (χ4v) is 4.73. The first-order valence-corrected chi connectivity index (χ1v) is 12.6. The highest BCUT2D eigenvalue weighted by molar-refractivity contribution is 5.94. The smallest absolute Gasteiger partial charge is 0.249 e. The maximum Gasteiger partial charge on any atom is 0.249 e. The summed E-state index contributed by atoms with van der Waals surface area (Å²) in [5.41, 5.74) is 0.919. The number of nitrogens with zero attached hydrogens (tertiary/aromatic N) is 2. The second kappa shape index (κ2) is 11.7. The van der Waals surface area contributed by atoms with Crippen molar-refractivity contribution in [3.8, 4) is 5.75 Å². The summed E-state index contributed by atoms with van der Waals surface area (Å²) in [6.45, 7) is 8.56. The average Bonchev–Trinajstić information content (AvgIpc) is 3.29. The number of nitrogens with one attached hydrogen (secondary N) is 2. The van der Waals surface area contributed by atoms with Gasteiger partial charge in [0.15, 0.2) is 0 Å². The first kappa shape index (κ1) is 26.7. The van der Waals surface area contributed by atoms with Crippen LogP contribution in [0, 0.1) is 11.8 Å². The first-order chi connectivity index (χ1) is 16.6. The molecule has 1 aromatic carbocycles. The molecule has 8 nitrogen and oxygen atoms in total. The van der Waals surface area contributed by atoms with Crippen molar-refractivity contribution in [2.24, 2.45) is 11.8 Å². The fraction of sp³-hybridized carbons (Fsp3) is 0.593. The number of hydrogen-bond donors (Lipinski definition) is 2. The van der Waals surface area contributed by atoms with Gasteiger partial charge in [0.2, 0.25) is 17.7 Å². The quantitative estimate of drug-likeness (QED) is 0.648. The van der Waals surface area contributed by atoms with Crippen molar-refractivity contribution in [3.05, 3.63) is 36.0 Å². The van der Waals surface area contributed by atoms with Gasteiger partial charge in [-0.05, 0) is 69.0 Å². The second-order valence-corrected chi connectivity index (χ2v) is 10.5. The molecule has 1 aromatic rings. The molecule has 35 heavy (non-hydrogen) atoms. The Bertz CT molecular complexity index is 926. The molecule has 2 bridgehead atoms. The third kappa shape index (κ3) is 6.63. The summed E-state index contributed by atoms with van der Waals surface area (Å²) in [5.74, 6) is 0.139. The van der Waals surface area contributed by atoms with E-state index >= 15 is 0 Å². The van der Waals surface area contributed by atoms with Crippen molar-refractivity contribution in [1.82, 2.24) is 20.4 Å². The topological polar surface area (TPSA) is 91.0 Å². The summed E-state index contributed by atoms with van der Waals surface area (Å²) in [4.78, 5) is 43.9. The van der Waals surface area contributed by atoms with Gasteiger partial charge < -0.3 is 20.3 Å². The molecule has 192 valence electrons. The minimum absolute atomic E-state index is 0.0745. The van der Waals surface area contributed by atoms with Crippen LogP contribution in [-0.4, -0.2) is 72.4 Å².